The summed E-state index contributed by atoms with van der Waals surface area (Å²) in [7, 11) is 0. The zero-order valence-electron chi connectivity index (χ0n) is 18.2. The summed E-state index contributed by atoms with van der Waals surface area (Å²) in [6, 6.07) is 15.6. The second-order valence-corrected chi connectivity index (χ2v) is 9.34. The van der Waals surface area contributed by atoms with Crippen molar-refractivity contribution in [3.8, 4) is 0 Å². The fraction of sp³-hybridized carbons (Fsp3) is 0.346. The second-order valence-electron chi connectivity index (χ2n) is 8.93. The lowest BCUT2D eigenvalue weighted by atomic mass is 9.81. The minimum absolute atomic E-state index is 0.189. The Hall–Kier alpha value is -3.12. The number of benzene rings is 2. The van der Waals surface area contributed by atoms with Crippen LogP contribution in [0, 0.1) is 11.8 Å². The molecule has 3 unspecified atom stereocenters. The molecule has 1 aliphatic heterocycles. The van der Waals surface area contributed by atoms with Gasteiger partial charge in [0.25, 0.3) is 0 Å². The average Bonchev–Trinajstić information content (AvgIpc) is 3.36. The summed E-state index contributed by atoms with van der Waals surface area (Å²) in [5.74, 6) is -1.42. The van der Waals surface area contributed by atoms with Crippen molar-refractivity contribution in [2.24, 2.45) is 11.8 Å². The average molecular weight is 464 g/mol. The van der Waals surface area contributed by atoms with E-state index in [9.17, 15) is 14.4 Å². The van der Waals surface area contributed by atoms with Crippen LogP contribution in [0.5, 0.6) is 0 Å². The van der Waals surface area contributed by atoms with E-state index in [1.165, 1.54) is 0 Å². The lowest BCUT2D eigenvalue weighted by Crippen LogP contribution is -2.42. The first-order chi connectivity index (χ1) is 16.0. The van der Waals surface area contributed by atoms with Crippen molar-refractivity contribution in [2.75, 3.05) is 13.1 Å². The standard InChI is InChI=1S/C26H26ClN3O3/c27-22-11-5-3-7-16(22)20(21-13-28-23-12-6-4-8-17(21)23)14-29-24(31)15-30-25(32)18-9-1-2-10-19(18)26(30)33/h3-8,11-13,18-20,28H,1-2,9-10,14-15H2,(H,29,31). The number of nitrogens with zero attached hydrogens (tertiary/aromatic N) is 1. The number of H-pyrrole nitrogens is 1. The number of rotatable bonds is 6. The lowest BCUT2D eigenvalue weighted by molar-refractivity contribution is -0.143. The van der Waals surface area contributed by atoms with Crippen molar-refractivity contribution in [3.63, 3.8) is 0 Å². The Labute approximate surface area is 197 Å². The number of imide groups is 1. The maximum absolute atomic E-state index is 12.9. The van der Waals surface area contributed by atoms with E-state index in [0.717, 1.165) is 52.6 Å². The fourth-order valence-electron chi connectivity index (χ4n) is 5.33. The summed E-state index contributed by atoms with van der Waals surface area (Å²) in [6.07, 6.45) is 5.35. The molecule has 2 aliphatic rings. The van der Waals surface area contributed by atoms with Gasteiger partial charge in [0.2, 0.25) is 17.7 Å². The molecular formula is C26H26ClN3O3. The summed E-state index contributed by atoms with van der Waals surface area (Å²) < 4.78 is 0. The number of halogens is 1. The van der Waals surface area contributed by atoms with Gasteiger partial charge in [0.05, 0.1) is 11.8 Å². The van der Waals surface area contributed by atoms with E-state index < -0.39 is 0 Å². The van der Waals surface area contributed by atoms with E-state index in [-0.39, 0.29) is 42.0 Å². The van der Waals surface area contributed by atoms with Gasteiger partial charge < -0.3 is 10.3 Å². The molecule has 0 spiro atoms. The lowest BCUT2D eigenvalue weighted by Gasteiger charge is -2.20. The number of aromatic nitrogens is 1. The highest BCUT2D eigenvalue weighted by Crippen LogP contribution is 2.38. The third-order valence-corrected chi connectivity index (χ3v) is 7.36. The van der Waals surface area contributed by atoms with Crippen LogP contribution in [-0.2, 0) is 14.4 Å². The van der Waals surface area contributed by atoms with E-state index in [1.807, 2.05) is 54.7 Å². The molecule has 2 heterocycles. The van der Waals surface area contributed by atoms with E-state index in [2.05, 4.69) is 10.3 Å². The summed E-state index contributed by atoms with van der Waals surface area (Å²) >= 11 is 6.53. The number of para-hydroxylation sites is 1. The Kier molecular flexibility index (Phi) is 5.94. The van der Waals surface area contributed by atoms with E-state index in [1.54, 1.807) is 0 Å². The smallest absolute Gasteiger partial charge is 0.240 e. The van der Waals surface area contributed by atoms with Crippen LogP contribution in [0.4, 0.5) is 0 Å². The van der Waals surface area contributed by atoms with Crippen LogP contribution >= 0.6 is 11.6 Å². The first kappa shape index (κ1) is 21.7. The highest BCUT2D eigenvalue weighted by molar-refractivity contribution is 6.31. The molecule has 2 fully saturated rings. The molecular weight excluding hydrogens is 438 g/mol. The van der Waals surface area contributed by atoms with Gasteiger partial charge in [-0.15, -0.1) is 0 Å². The molecule has 6 nitrogen and oxygen atoms in total. The van der Waals surface area contributed by atoms with Crippen LogP contribution in [0.1, 0.15) is 42.7 Å². The Morgan fingerprint density at radius 1 is 1.00 bits per heavy atom. The number of hydrogen-bond donors (Lipinski definition) is 2. The monoisotopic (exact) mass is 463 g/mol. The van der Waals surface area contributed by atoms with Crippen molar-refractivity contribution in [3.05, 3.63) is 70.9 Å². The molecule has 2 aromatic carbocycles. The molecule has 2 N–H and O–H groups in total. The first-order valence-corrected chi connectivity index (χ1v) is 11.8. The number of aromatic amines is 1. The number of carbonyl (C=O) groups is 3. The van der Waals surface area contributed by atoms with Crippen LogP contribution in [0.25, 0.3) is 10.9 Å². The van der Waals surface area contributed by atoms with Gasteiger partial charge in [-0.05, 0) is 36.1 Å². The van der Waals surface area contributed by atoms with E-state index in [0.29, 0.717) is 11.6 Å². The summed E-state index contributed by atoms with van der Waals surface area (Å²) in [5, 5.41) is 4.64. The largest absolute Gasteiger partial charge is 0.361 e. The maximum atomic E-state index is 12.9. The van der Waals surface area contributed by atoms with Gasteiger partial charge in [-0.2, -0.15) is 0 Å². The Morgan fingerprint density at radius 2 is 1.67 bits per heavy atom. The van der Waals surface area contributed by atoms with Crippen LogP contribution in [0.3, 0.4) is 0 Å². The predicted octanol–water partition coefficient (Wildman–Crippen LogP) is 4.24. The highest BCUT2D eigenvalue weighted by Gasteiger charge is 2.48. The fourth-order valence-corrected chi connectivity index (χ4v) is 5.60. The summed E-state index contributed by atoms with van der Waals surface area (Å²) in [6.45, 7) is 0.0707. The first-order valence-electron chi connectivity index (χ1n) is 11.5. The van der Waals surface area contributed by atoms with Gasteiger partial charge in [0, 0.05) is 34.6 Å². The minimum Gasteiger partial charge on any atom is -0.361 e. The van der Waals surface area contributed by atoms with Gasteiger partial charge >= 0.3 is 0 Å². The zero-order valence-corrected chi connectivity index (χ0v) is 19.0. The molecule has 3 amide bonds. The van der Waals surface area contributed by atoms with E-state index >= 15 is 0 Å². The topological polar surface area (TPSA) is 82.3 Å². The molecule has 1 aromatic heterocycles. The van der Waals surface area contributed by atoms with Crippen LogP contribution in [0.15, 0.2) is 54.7 Å². The molecule has 1 aliphatic carbocycles. The molecule has 33 heavy (non-hydrogen) atoms. The quantitative estimate of drug-likeness (QED) is 0.536. The van der Waals surface area contributed by atoms with Crippen molar-refractivity contribution in [1.29, 1.82) is 0 Å². The van der Waals surface area contributed by atoms with Crippen molar-refractivity contribution >= 4 is 40.2 Å². The number of nitrogens with one attached hydrogen (secondary N) is 2. The van der Waals surface area contributed by atoms with Gasteiger partial charge in [-0.3, -0.25) is 19.3 Å². The SMILES string of the molecule is O=C(CN1C(=O)C2CCCCC2C1=O)NCC(c1ccccc1Cl)c1c[nH]c2ccccc12. The molecule has 3 aromatic rings. The number of amides is 3. The highest BCUT2D eigenvalue weighted by atomic mass is 35.5. The molecule has 5 rings (SSSR count). The minimum atomic E-state index is -0.341. The molecule has 170 valence electrons. The normalized spacial score (nSPS) is 21.3. The van der Waals surface area contributed by atoms with Crippen LogP contribution in [-0.4, -0.2) is 40.7 Å². The summed E-state index contributed by atoms with van der Waals surface area (Å²) in [4.78, 5) is 42.8. The molecule has 0 radical (unpaired) electrons. The molecule has 1 saturated carbocycles. The third-order valence-electron chi connectivity index (χ3n) is 7.01. The van der Waals surface area contributed by atoms with Crippen LogP contribution < -0.4 is 5.32 Å². The van der Waals surface area contributed by atoms with Gasteiger partial charge in [0.1, 0.15) is 6.54 Å². The van der Waals surface area contributed by atoms with Crippen LogP contribution in [0.2, 0.25) is 5.02 Å². The van der Waals surface area contributed by atoms with Crippen molar-refractivity contribution in [2.45, 2.75) is 31.6 Å². The Bertz CT molecular complexity index is 1200. The Balaban J connectivity index is 1.35. The third kappa shape index (κ3) is 4.04. The van der Waals surface area contributed by atoms with E-state index in [4.69, 9.17) is 11.6 Å². The predicted molar refractivity (Wildman–Crippen MR) is 127 cm³/mol. The molecule has 1 saturated heterocycles. The van der Waals surface area contributed by atoms with Gasteiger partial charge in [0.15, 0.2) is 0 Å². The number of hydrogen-bond acceptors (Lipinski definition) is 3. The Morgan fingerprint density at radius 3 is 2.39 bits per heavy atom. The molecule has 3 atom stereocenters. The van der Waals surface area contributed by atoms with Crippen molar-refractivity contribution in [1.82, 2.24) is 15.2 Å². The van der Waals surface area contributed by atoms with Gasteiger partial charge in [-0.25, -0.2) is 0 Å². The zero-order chi connectivity index (χ0) is 22.9. The molecule has 0 bridgehead atoms. The number of carbonyl (C=O) groups excluding carboxylic acids is 3. The van der Waals surface area contributed by atoms with Crippen molar-refractivity contribution < 1.29 is 14.4 Å². The number of fused-ring (bicyclic) bond motifs is 2. The maximum Gasteiger partial charge on any atom is 0.240 e. The second kappa shape index (κ2) is 9.02. The van der Waals surface area contributed by atoms with Gasteiger partial charge in [-0.1, -0.05) is 60.8 Å². The number of likely N-dealkylation sites (tertiary alicyclic amines) is 1. The molecule has 7 heteroatoms. The summed E-state index contributed by atoms with van der Waals surface area (Å²) in [5.41, 5.74) is 2.94.